The number of carbonyl (C=O) groups excluding carboxylic acids is 1. The Bertz CT molecular complexity index is 2830. The van der Waals surface area contributed by atoms with Crippen molar-refractivity contribution in [3.05, 3.63) is 98.0 Å². The van der Waals surface area contributed by atoms with E-state index >= 15 is 13.2 Å². The highest BCUT2D eigenvalue weighted by molar-refractivity contribution is 6.34. The van der Waals surface area contributed by atoms with Gasteiger partial charge in [-0.05, 0) is 45.7 Å². The summed E-state index contributed by atoms with van der Waals surface area (Å²) in [5.41, 5.74) is -7.32. The molecule has 0 radical (unpaired) electrons. The Morgan fingerprint density at radius 2 is 1.70 bits per heavy atom. The molecule has 6 heterocycles. The van der Waals surface area contributed by atoms with E-state index in [4.69, 9.17) is 39.9 Å². The van der Waals surface area contributed by atoms with E-state index in [1.807, 2.05) is 0 Å². The number of likely N-dealkylation sites (N-methyl/N-ethyl adjacent to an activating group) is 1. The van der Waals surface area contributed by atoms with Crippen molar-refractivity contribution in [2.45, 2.75) is 101 Å². The Hall–Kier alpha value is -5.72. The van der Waals surface area contributed by atoms with Gasteiger partial charge in [0.25, 0.3) is 5.56 Å². The predicted octanol–water partition coefficient (Wildman–Crippen LogP) is 7.61. The minimum atomic E-state index is -5.08. The Labute approximate surface area is 400 Å². The molecule has 0 unspecified atom stereocenters. The summed E-state index contributed by atoms with van der Waals surface area (Å²) >= 11 is 6.89. The maximum atomic E-state index is 15.4. The number of nitrogens with zero attached hydrogens (tertiary/aromatic N) is 7. The van der Waals surface area contributed by atoms with Crippen LogP contribution in [0.3, 0.4) is 0 Å². The second kappa shape index (κ2) is 18.8. The Balaban J connectivity index is 1.01. The summed E-state index contributed by atoms with van der Waals surface area (Å²) in [6, 6.07) is 5.41. The molecular weight excluding hydrogens is 958 g/mol. The molecule has 17 nitrogen and oxygen atoms in total. The number of benzene rings is 1. The van der Waals surface area contributed by atoms with Crippen molar-refractivity contribution in [3.8, 4) is 28.3 Å². The van der Waals surface area contributed by atoms with Crippen LogP contribution < -0.4 is 10.3 Å². The van der Waals surface area contributed by atoms with Gasteiger partial charge < -0.3 is 38.4 Å². The van der Waals surface area contributed by atoms with Gasteiger partial charge in [-0.25, -0.2) is 4.79 Å². The lowest BCUT2D eigenvalue weighted by Gasteiger charge is -2.44. The number of pyridine rings is 1. The first-order chi connectivity index (χ1) is 33.1. The smallest absolute Gasteiger partial charge is 0.433 e. The van der Waals surface area contributed by atoms with Gasteiger partial charge in [-0.1, -0.05) is 35.0 Å². The first kappa shape index (κ1) is 49.3. The second-order valence-electron chi connectivity index (χ2n) is 18.6. The lowest BCUT2D eigenvalue weighted by Crippen LogP contribution is -2.47. The monoisotopic (exact) mass is 1010 g/mol. The maximum Gasteiger partial charge on any atom is 0.433 e. The molecule has 0 amide bonds. The number of hydrogen-bond acceptors (Lipinski definition) is 14. The SMILES string of the molecule is CN1OC(c2cnn(CC(C)(C)O)c2C(F)(F)F)=C(C(=O)OC2(C)CC(n3ncc(-c4onc(-c5cccc(OCCN6CCOCC6)c5Cl)c4COC4CC4)c3C(F)(F)F)C2)[C@@H]1c1ccc[nH]c1=O. The van der Waals surface area contributed by atoms with E-state index in [1.54, 1.807) is 18.2 Å². The fourth-order valence-corrected chi connectivity index (χ4v) is 9.34. The van der Waals surface area contributed by atoms with Crippen molar-refractivity contribution in [2.24, 2.45) is 0 Å². The van der Waals surface area contributed by atoms with E-state index in [2.05, 4.69) is 25.2 Å². The van der Waals surface area contributed by atoms with Crippen molar-refractivity contribution in [2.75, 3.05) is 46.5 Å². The Morgan fingerprint density at radius 1 is 0.986 bits per heavy atom. The van der Waals surface area contributed by atoms with Crippen LogP contribution in [0.25, 0.3) is 28.3 Å². The van der Waals surface area contributed by atoms with Crippen LogP contribution in [-0.2, 0) is 49.3 Å². The zero-order chi connectivity index (χ0) is 49.9. The normalized spacial score (nSPS) is 21.5. The molecule has 3 fully saturated rings. The van der Waals surface area contributed by atoms with Crippen molar-refractivity contribution >= 4 is 23.3 Å². The lowest BCUT2D eigenvalue weighted by molar-refractivity contribution is -0.171. The molecule has 376 valence electrons. The molecule has 4 aromatic heterocycles. The van der Waals surface area contributed by atoms with E-state index in [1.165, 1.54) is 46.1 Å². The highest BCUT2D eigenvalue weighted by Gasteiger charge is 2.53. The summed E-state index contributed by atoms with van der Waals surface area (Å²) < 4.78 is 121. The van der Waals surface area contributed by atoms with Crippen LogP contribution >= 0.6 is 11.6 Å². The van der Waals surface area contributed by atoms with Crippen molar-refractivity contribution in [1.29, 1.82) is 0 Å². The molecule has 0 bridgehead atoms. The zero-order valence-electron chi connectivity index (χ0n) is 38.3. The van der Waals surface area contributed by atoms with Gasteiger partial charge in [0.05, 0.1) is 78.2 Å². The summed E-state index contributed by atoms with van der Waals surface area (Å²) in [5.74, 6) is -1.72. The third-order valence-electron chi connectivity index (χ3n) is 12.5. The number of hydroxylamine groups is 2. The van der Waals surface area contributed by atoms with E-state index in [0.717, 1.165) is 48.1 Å². The van der Waals surface area contributed by atoms with Crippen LogP contribution in [0.15, 0.2) is 63.8 Å². The van der Waals surface area contributed by atoms with Gasteiger partial charge in [0.2, 0.25) is 0 Å². The quantitative estimate of drug-likeness (QED) is 0.0727. The number of aliphatic hydroxyl groups is 1. The molecule has 1 saturated heterocycles. The highest BCUT2D eigenvalue weighted by Crippen LogP contribution is 2.51. The zero-order valence-corrected chi connectivity index (χ0v) is 39.1. The van der Waals surface area contributed by atoms with E-state index < -0.39 is 87.6 Å². The number of alkyl halides is 6. The molecule has 9 rings (SSSR count). The van der Waals surface area contributed by atoms with Gasteiger partial charge in [-0.2, -0.15) is 36.5 Å². The van der Waals surface area contributed by atoms with Gasteiger partial charge in [0.15, 0.2) is 22.9 Å². The molecule has 24 heteroatoms. The number of morpholine rings is 1. The summed E-state index contributed by atoms with van der Waals surface area (Å²) in [6.45, 7) is 7.00. The Kier molecular flexibility index (Phi) is 13.2. The average molecular weight is 1010 g/mol. The van der Waals surface area contributed by atoms with Crippen LogP contribution in [0, 0.1) is 0 Å². The van der Waals surface area contributed by atoms with Gasteiger partial charge in [0, 0.05) is 56.8 Å². The minimum Gasteiger partial charge on any atom is -0.491 e. The third kappa shape index (κ3) is 10.1. The van der Waals surface area contributed by atoms with Gasteiger partial charge in [-0.15, -0.1) is 5.06 Å². The maximum absolute atomic E-state index is 15.4. The number of aromatic amines is 1. The van der Waals surface area contributed by atoms with E-state index in [-0.39, 0.29) is 53.2 Å². The van der Waals surface area contributed by atoms with Crippen molar-refractivity contribution in [3.63, 3.8) is 0 Å². The van der Waals surface area contributed by atoms with Crippen LogP contribution in [-0.4, -0.2) is 115 Å². The number of carbonyl (C=O) groups is 1. The topological polar surface area (TPSA) is 184 Å². The molecule has 5 aromatic rings. The molecule has 2 N–H and O–H groups in total. The van der Waals surface area contributed by atoms with Crippen molar-refractivity contribution < 1.29 is 64.6 Å². The molecule has 2 saturated carbocycles. The molecule has 4 aliphatic rings. The highest BCUT2D eigenvalue weighted by atomic mass is 35.5. The minimum absolute atomic E-state index is 0.0832. The van der Waals surface area contributed by atoms with Gasteiger partial charge in [0.1, 0.15) is 35.3 Å². The van der Waals surface area contributed by atoms with Crippen LogP contribution in [0.1, 0.15) is 86.6 Å². The molecule has 0 spiro atoms. The van der Waals surface area contributed by atoms with E-state index in [9.17, 15) is 27.9 Å². The predicted molar refractivity (Wildman–Crippen MR) is 236 cm³/mol. The lowest BCUT2D eigenvalue weighted by atomic mass is 9.76. The number of esters is 1. The number of ether oxygens (including phenoxy) is 4. The number of rotatable bonds is 16. The van der Waals surface area contributed by atoms with Gasteiger partial charge >= 0.3 is 18.3 Å². The summed E-state index contributed by atoms with van der Waals surface area (Å²) in [7, 11) is 1.30. The molecule has 1 aromatic carbocycles. The Morgan fingerprint density at radius 3 is 2.37 bits per heavy atom. The first-order valence-electron chi connectivity index (χ1n) is 22.5. The van der Waals surface area contributed by atoms with E-state index in [0.29, 0.717) is 42.4 Å². The number of halogens is 7. The first-order valence-corrected chi connectivity index (χ1v) is 22.9. The molecule has 2 aliphatic carbocycles. The summed E-state index contributed by atoms with van der Waals surface area (Å²) in [5, 5.41) is 23.9. The number of nitrogens with one attached hydrogen (secondary N) is 1. The fraction of sp³-hybridized carbons (Fsp3) is 0.500. The number of aromatic nitrogens is 6. The standard InChI is InChI=1S/C46H49ClF6N8O9/c1-43(2,64)24-60-39(45(48,49)50)30(21-55-60)38-33(36(58(4)70-38)28-8-6-12-54-41(28)62)42(63)68-44(3)19-25(20-44)61-40(46(51,52)53)29(22-56-61)37-31(23-67-26-10-11-26)35(57-69-37)27-7-5-9-32(34(27)47)66-18-15-59-13-16-65-17-14-59/h5-9,12,21-22,25-26,36,64H,10-11,13-20,23-24H2,1-4H3,(H,54,62)/t25?,36-,44?/m0/s1. The fourth-order valence-electron chi connectivity index (χ4n) is 9.07. The third-order valence-corrected chi connectivity index (χ3v) is 12.9. The number of hydrogen-bond donors (Lipinski definition) is 2. The summed E-state index contributed by atoms with van der Waals surface area (Å²) in [4.78, 5) is 38.1. The largest absolute Gasteiger partial charge is 0.491 e. The molecule has 1 atom stereocenters. The van der Waals surface area contributed by atoms with Crippen LogP contribution in [0.5, 0.6) is 5.75 Å². The van der Waals surface area contributed by atoms with Crippen molar-refractivity contribution in [1.82, 2.24) is 39.7 Å². The second-order valence-corrected chi connectivity index (χ2v) is 19.0. The van der Waals surface area contributed by atoms with Gasteiger partial charge in [-0.3, -0.25) is 19.1 Å². The van der Waals surface area contributed by atoms with Crippen LogP contribution in [0.4, 0.5) is 26.3 Å². The number of H-pyrrole nitrogens is 1. The molecular formula is C46H49ClF6N8O9. The summed E-state index contributed by atoms with van der Waals surface area (Å²) in [6.07, 6.45) is -5.91. The molecule has 2 aliphatic heterocycles. The molecule has 70 heavy (non-hydrogen) atoms. The average Bonchev–Trinajstić information content (AvgIpc) is 3.54. The van der Waals surface area contributed by atoms with Crippen LogP contribution in [0.2, 0.25) is 5.02 Å².